The standard InChI is InChI=1S/C17H21N5O3/c1-11-3-4-12(17(24)25-2)9-14(11)19-16(23)15-10-22(21-20-15)13-5-7-18-8-6-13/h3-4,9-10,13,18H,5-8H2,1-2H3,(H,19,23). The maximum Gasteiger partial charge on any atom is 0.337 e. The van der Waals surface area contributed by atoms with E-state index in [1.807, 2.05) is 6.92 Å². The first-order chi connectivity index (χ1) is 12.1. The summed E-state index contributed by atoms with van der Waals surface area (Å²) in [6.07, 6.45) is 3.60. The Hall–Kier alpha value is -2.74. The molecule has 8 heteroatoms. The van der Waals surface area contributed by atoms with Gasteiger partial charge < -0.3 is 15.4 Å². The summed E-state index contributed by atoms with van der Waals surface area (Å²) >= 11 is 0. The smallest absolute Gasteiger partial charge is 0.337 e. The van der Waals surface area contributed by atoms with Crippen molar-refractivity contribution >= 4 is 17.6 Å². The minimum absolute atomic E-state index is 0.251. The number of hydrogen-bond donors (Lipinski definition) is 2. The van der Waals surface area contributed by atoms with Gasteiger partial charge in [-0.15, -0.1) is 5.10 Å². The van der Waals surface area contributed by atoms with Crippen molar-refractivity contribution < 1.29 is 14.3 Å². The second-order valence-electron chi connectivity index (χ2n) is 6.04. The van der Waals surface area contributed by atoms with Crippen LogP contribution in [-0.2, 0) is 4.74 Å². The van der Waals surface area contributed by atoms with Crippen molar-refractivity contribution in [2.75, 3.05) is 25.5 Å². The first-order valence-corrected chi connectivity index (χ1v) is 8.21. The molecule has 0 atom stereocenters. The fraction of sp³-hybridized carbons (Fsp3) is 0.412. The van der Waals surface area contributed by atoms with Gasteiger partial charge in [0.2, 0.25) is 0 Å². The summed E-state index contributed by atoms with van der Waals surface area (Å²) in [4.78, 5) is 24.1. The molecule has 1 aliphatic heterocycles. The number of benzene rings is 1. The van der Waals surface area contributed by atoms with E-state index in [-0.39, 0.29) is 17.6 Å². The maximum absolute atomic E-state index is 12.5. The highest BCUT2D eigenvalue weighted by Crippen LogP contribution is 2.20. The molecule has 2 N–H and O–H groups in total. The van der Waals surface area contributed by atoms with Gasteiger partial charge in [0.05, 0.1) is 24.9 Å². The van der Waals surface area contributed by atoms with Gasteiger partial charge in [0.1, 0.15) is 0 Å². The van der Waals surface area contributed by atoms with Crippen LogP contribution in [-0.4, -0.2) is 47.1 Å². The number of methoxy groups -OCH3 is 1. The highest BCUT2D eigenvalue weighted by molar-refractivity contribution is 6.03. The van der Waals surface area contributed by atoms with Crippen LogP contribution in [0.5, 0.6) is 0 Å². The highest BCUT2D eigenvalue weighted by atomic mass is 16.5. The van der Waals surface area contributed by atoms with Crippen LogP contribution in [0.1, 0.15) is 45.3 Å². The van der Waals surface area contributed by atoms with E-state index in [0.29, 0.717) is 11.3 Å². The number of carbonyl (C=O) groups excluding carboxylic acids is 2. The number of aryl methyl sites for hydroxylation is 1. The molecule has 2 heterocycles. The normalized spacial score (nSPS) is 15.0. The molecular weight excluding hydrogens is 322 g/mol. The predicted molar refractivity (Wildman–Crippen MR) is 91.6 cm³/mol. The van der Waals surface area contributed by atoms with E-state index in [9.17, 15) is 9.59 Å². The Morgan fingerprint density at radius 3 is 2.80 bits per heavy atom. The molecule has 1 saturated heterocycles. The lowest BCUT2D eigenvalue weighted by atomic mass is 10.1. The molecule has 1 aromatic carbocycles. The largest absolute Gasteiger partial charge is 0.465 e. The number of ether oxygens (including phenoxy) is 1. The molecule has 0 radical (unpaired) electrons. The summed E-state index contributed by atoms with van der Waals surface area (Å²) in [5.74, 6) is -0.808. The van der Waals surface area contributed by atoms with Gasteiger partial charge in [0.15, 0.2) is 5.69 Å². The number of esters is 1. The molecule has 1 aromatic heterocycles. The number of rotatable bonds is 4. The second-order valence-corrected chi connectivity index (χ2v) is 6.04. The van der Waals surface area contributed by atoms with Crippen molar-refractivity contribution in [2.45, 2.75) is 25.8 Å². The third-order valence-corrected chi connectivity index (χ3v) is 4.33. The minimum Gasteiger partial charge on any atom is -0.465 e. The monoisotopic (exact) mass is 343 g/mol. The first kappa shape index (κ1) is 17.1. The van der Waals surface area contributed by atoms with Crippen LogP contribution >= 0.6 is 0 Å². The molecule has 3 rings (SSSR count). The molecule has 1 fully saturated rings. The van der Waals surface area contributed by atoms with Crippen LogP contribution in [0.4, 0.5) is 5.69 Å². The third kappa shape index (κ3) is 3.85. The Kier molecular flexibility index (Phi) is 5.08. The van der Waals surface area contributed by atoms with Gasteiger partial charge in [0.25, 0.3) is 5.91 Å². The van der Waals surface area contributed by atoms with Gasteiger partial charge >= 0.3 is 5.97 Å². The van der Waals surface area contributed by atoms with E-state index in [4.69, 9.17) is 4.74 Å². The van der Waals surface area contributed by atoms with Crippen LogP contribution in [0, 0.1) is 6.92 Å². The molecule has 1 aliphatic rings. The van der Waals surface area contributed by atoms with Gasteiger partial charge in [-0.2, -0.15) is 0 Å². The van der Waals surface area contributed by atoms with E-state index >= 15 is 0 Å². The number of carbonyl (C=O) groups is 2. The summed E-state index contributed by atoms with van der Waals surface area (Å²) in [7, 11) is 1.32. The SMILES string of the molecule is COC(=O)c1ccc(C)c(NC(=O)c2cn(C3CCNCC3)nn2)c1. The Bertz CT molecular complexity index is 780. The third-order valence-electron chi connectivity index (χ3n) is 4.33. The molecular formula is C17H21N5O3. The number of amides is 1. The van der Waals surface area contributed by atoms with Crippen molar-refractivity contribution in [1.82, 2.24) is 20.3 Å². The zero-order chi connectivity index (χ0) is 17.8. The highest BCUT2D eigenvalue weighted by Gasteiger charge is 2.19. The van der Waals surface area contributed by atoms with Crippen molar-refractivity contribution in [3.05, 3.63) is 41.2 Å². The van der Waals surface area contributed by atoms with Gasteiger partial charge in [-0.1, -0.05) is 11.3 Å². The average Bonchev–Trinajstić information content (AvgIpc) is 3.14. The Morgan fingerprint density at radius 1 is 1.32 bits per heavy atom. The van der Waals surface area contributed by atoms with Crippen LogP contribution in [0.15, 0.2) is 24.4 Å². The quantitative estimate of drug-likeness (QED) is 0.818. The van der Waals surface area contributed by atoms with Crippen molar-refractivity contribution in [3.8, 4) is 0 Å². The minimum atomic E-state index is -0.452. The molecule has 0 spiro atoms. The maximum atomic E-state index is 12.5. The molecule has 8 nitrogen and oxygen atoms in total. The molecule has 0 unspecified atom stereocenters. The van der Waals surface area contributed by atoms with Gasteiger partial charge in [-0.05, 0) is 50.6 Å². The van der Waals surface area contributed by atoms with Crippen molar-refractivity contribution in [3.63, 3.8) is 0 Å². The van der Waals surface area contributed by atoms with E-state index in [0.717, 1.165) is 31.5 Å². The number of nitrogens with one attached hydrogen (secondary N) is 2. The summed E-state index contributed by atoms with van der Waals surface area (Å²) in [5, 5.41) is 14.1. The number of aromatic nitrogens is 3. The summed E-state index contributed by atoms with van der Waals surface area (Å²) in [5.41, 5.74) is 2.01. The van der Waals surface area contributed by atoms with E-state index < -0.39 is 5.97 Å². The van der Waals surface area contributed by atoms with Crippen LogP contribution in [0.2, 0.25) is 0 Å². The van der Waals surface area contributed by atoms with Gasteiger partial charge in [0, 0.05) is 5.69 Å². The molecule has 0 bridgehead atoms. The Labute approximate surface area is 145 Å². The zero-order valence-electron chi connectivity index (χ0n) is 14.3. The van der Waals surface area contributed by atoms with Crippen LogP contribution < -0.4 is 10.6 Å². The lowest BCUT2D eigenvalue weighted by Gasteiger charge is -2.22. The van der Waals surface area contributed by atoms with Crippen LogP contribution in [0.25, 0.3) is 0 Å². The van der Waals surface area contributed by atoms with Crippen molar-refractivity contribution in [1.29, 1.82) is 0 Å². The molecule has 25 heavy (non-hydrogen) atoms. The van der Waals surface area contributed by atoms with Gasteiger partial charge in [-0.25, -0.2) is 9.48 Å². The summed E-state index contributed by atoms with van der Waals surface area (Å²) < 4.78 is 6.47. The summed E-state index contributed by atoms with van der Waals surface area (Å²) in [6.45, 7) is 3.72. The topological polar surface area (TPSA) is 98.1 Å². The van der Waals surface area contributed by atoms with E-state index in [1.165, 1.54) is 7.11 Å². The lowest BCUT2D eigenvalue weighted by molar-refractivity contribution is 0.0600. The molecule has 1 amide bonds. The number of nitrogens with zero attached hydrogens (tertiary/aromatic N) is 3. The van der Waals surface area contributed by atoms with E-state index in [1.54, 1.807) is 29.1 Å². The fourth-order valence-corrected chi connectivity index (χ4v) is 2.82. The molecule has 2 aromatic rings. The number of piperidine rings is 1. The zero-order valence-corrected chi connectivity index (χ0v) is 14.3. The Balaban J connectivity index is 1.74. The average molecular weight is 343 g/mol. The Morgan fingerprint density at radius 2 is 2.08 bits per heavy atom. The van der Waals surface area contributed by atoms with Crippen LogP contribution in [0.3, 0.4) is 0 Å². The predicted octanol–water partition coefficient (Wildman–Crippen LogP) is 1.55. The molecule has 132 valence electrons. The first-order valence-electron chi connectivity index (χ1n) is 8.21. The van der Waals surface area contributed by atoms with Crippen molar-refractivity contribution in [2.24, 2.45) is 0 Å². The van der Waals surface area contributed by atoms with Gasteiger partial charge in [-0.3, -0.25) is 4.79 Å². The second kappa shape index (κ2) is 7.43. The number of hydrogen-bond acceptors (Lipinski definition) is 6. The fourth-order valence-electron chi connectivity index (χ4n) is 2.82. The van der Waals surface area contributed by atoms with E-state index in [2.05, 4.69) is 20.9 Å². The molecule has 0 aliphatic carbocycles. The lowest BCUT2D eigenvalue weighted by Crippen LogP contribution is -2.29. The summed E-state index contributed by atoms with van der Waals surface area (Å²) in [6, 6.07) is 5.27. The molecule has 0 saturated carbocycles. The number of anilines is 1.